The highest BCUT2D eigenvalue weighted by Gasteiger charge is 2.41. The quantitative estimate of drug-likeness (QED) is 0.712. The van der Waals surface area contributed by atoms with E-state index in [1.54, 1.807) is 0 Å². The first-order valence-electron chi connectivity index (χ1n) is 6.20. The van der Waals surface area contributed by atoms with Gasteiger partial charge < -0.3 is 9.84 Å². The highest BCUT2D eigenvalue weighted by atomic mass is 35.5. The van der Waals surface area contributed by atoms with E-state index < -0.39 is 0 Å². The highest BCUT2D eigenvalue weighted by molar-refractivity contribution is 6.50. The molecule has 0 heterocycles. The number of ether oxygens (including phenoxy) is 1. The minimum Gasteiger partial charge on any atom is -0.505 e. The van der Waals surface area contributed by atoms with Crippen LogP contribution in [0, 0.1) is 11.8 Å². The van der Waals surface area contributed by atoms with Crippen molar-refractivity contribution in [1.82, 2.24) is 0 Å². The molecule has 2 nitrogen and oxygen atoms in total. The molecule has 2 fully saturated rings. The van der Waals surface area contributed by atoms with Crippen LogP contribution in [0.3, 0.4) is 0 Å². The number of aromatic hydroxyl groups is 1. The summed E-state index contributed by atoms with van der Waals surface area (Å²) in [7, 11) is 0. The van der Waals surface area contributed by atoms with Crippen LogP contribution in [0.2, 0.25) is 20.1 Å². The maximum atomic E-state index is 9.67. The molecule has 3 rings (SSSR count). The number of hydrogen-bond acceptors (Lipinski definition) is 2. The van der Waals surface area contributed by atoms with E-state index in [1.807, 2.05) is 0 Å². The van der Waals surface area contributed by atoms with E-state index in [0.717, 1.165) is 12.3 Å². The Morgan fingerprint density at radius 1 is 0.895 bits per heavy atom. The maximum Gasteiger partial charge on any atom is 0.160 e. The van der Waals surface area contributed by atoms with E-state index in [9.17, 15) is 5.11 Å². The lowest BCUT2D eigenvalue weighted by Gasteiger charge is -2.25. The van der Waals surface area contributed by atoms with Crippen molar-refractivity contribution in [2.24, 2.45) is 11.8 Å². The third kappa shape index (κ3) is 2.27. The van der Waals surface area contributed by atoms with Crippen LogP contribution in [0.15, 0.2) is 0 Å². The van der Waals surface area contributed by atoms with Crippen LogP contribution in [0.4, 0.5) is 0 Å². The summed E-state index contributed by atoms with van der Waals surface area (Å²) in [6.45, 7) is 0. The van der Waals surface area contributed by atoms with Gasteiger partial charge in [-0.2, -0.15) is 0 Å². The van der Waals surface area contributed by atoms with Gasteiger partial charge in [-0.25, -0.2) is 0 Å². The summed E-state index contributed by atoms with van der Waals surface area (Å²) in [5.74, 6) is 1.28. The summed E-state index contributed by atoms with van der Waals surface area (Å²) in [5.41, 5.74) is 0. The zero-order chi connectivity index (χ0) is 13.7. The van der Waals surface area contributed by atoms with Crippen LogP contribution in [0.25, 0.3) is 0 Å². The van der Waals surface area contributed by atoms with E-state index in [2.05, 4.69) is 0 Å². The minimum absolute atomic E-state index is 0.0192. The second-order valence-electron chi connectivity index (χ2n) is 5.26. The molecule has 104 valence electrons. The molecule has 2 saturated carbocycles. The van der Waals surface area contributed by atoms with Crippen LogP contribution in [0.1, 0.15) is 25.7 Å². The third-order valence-electron chi connectivity index (χ3n) is 4.14. The predicted octanol–water partition coefficient (Wildman–Crippen LogP) is 5.57. The Balaban J connectivity index is 1.93. The predicted molar refractivity (Wildman–Crippen MR) is 78.0 cm³/mol. The molecule has 0 spiro atoms. The Kier molecular flexibility index (Phi) is 3.72. The Morgan fingerprint density at radius 3 is 2.00 bits per heavy atom. The molecule has 2 aliphatic carbocycles. The van der Waals surface area contributed by atoms with Crippen LogP contribution in [0.5, 0.6) is 11.5 Å². The summed E-state index contributed by atoms with van der Waals surface area (Å²) >= 11 is 24.0. The zero-order valence-corrected chi connectivity index (χ0v) is 13.0. The van der Waals surface area contributed by atoms with Gasteiger partial charge in [0.1, 0.15) is 26.2 Å². The van der Waals surface area contributed by atoms with Crippen LogP contribution < -0.4 is 4.74 Å². The average molecular weight is 342 g/mol. The number of rotatable bonds is 2. The van der Waals surface area contributed by atoms with Crippen molar-refractivity contribution < 1.29 is 9.84 Å². The molecular formula is C13H12Cl4O2. The Morgan fingerprint density at radius 2 is 1.53 bits per heavy atom. The fraction of sp³-hybridized carbons (Fsp3) is 0.538. The van der Waals surface area contributed by atoms with E-state index in [0.29, 0.717) is 5.92 Å². The molecule has 3 atom stereocenters. The van der Waals surface area contributed by atoms with Crippen molar-refractivity contribution in [2.75, 3.05) is 0 Å². The number of benzene rings is 1. The number of phenols is 1. The summed E-state index contributed by atoms with van der Waals surface area (Å²) in [5, 5.41) is 9.87. The average Bonchev–Trinajstić information content (AvgIpc) is 3.01. The second-order valence-corrected chi connectivity index (χ2v) is 6.78. The smallest absolute Gasteiger partial charge is 0.160 e. The van der Waals surface area contributed by atoms with Crippen LogP contribution in [-0.4, -0.2) is 11.2 Å². The zero-order valence-electron chi connectivity index (χ0n) is 9.93. The summed E-state index contributed by atoms with van der Waals surface area (Å²) in [6, 6.07) is 0. The number of phenolic OH excluding ortho intramolecular Hbond substituents is 1. The molecule has 1 aromatic carbocycles. The van der Waals surface area contributed by atoms with Gasteiger partial charge in [0.2, 0.25) is 0 Å². The molecule has 1 aromatic rings. The topological polar surface area (TPSA) is 29.5 Å². The normalized spacial score (nSPS) is 28.9. The van der Waals surface area contributed by atoms with Gasteiger partial charge in [-0.1, -0.05) is 46.4 Å². The molecule has 0 saturated heterocycles. The van der Waals surface area contributed by atoms with E-state index in [1.165, 1.54) is 19.3 Å². The van der Waals surface area contributed by atoms with Gasteiger partial charge in [0, 0.05) is 0 Å². The molecule has 2 aliphatic rings. The molecule has 0 radical (unpaired) electrons. The van der Waals surface area contributed by atoms with Crippen molar-refractivity contribution in [1.29, 1.82) is 0 Å². The van der Waals surface area contributed by atoms with E-state index >= 15 is 0 Å². The SMILES string of the molecule is Oc1c(Cl)c(Cl)c(O[C@H]2C[C@@H]3CC[C@H]2C3)c(Cl)c1Cl. The minimum atomic E-state index is -0.307. The first-order chi connectivity index (χ1) is 8.99. The highest BCUT2D eigenvalue weighted by Crippen LogP contribution is 2.52. The lowest BCUT2D eigenvalue weighted by Crippen LogP contribution is -2.23. The molecule has 1 N–H and O–H groups in total. The van der Waals surface area contributed by atoms with Crippen molar-refractivity contribution in [3.05, 3.63) is 20.1 Å². The largest absolute Gasteiger partial charge is 0.505 e. The number of fused-ring (bicyclic) bond motifs is 2. The first kappa shape index (κ1) is 13.9. The Labute approximate surface area is 131 Å². The molecule has 6 heteroatoms. The van der Waals surface area contributed by atoms with Crippen molar-refractivity contribution >= 4 is 46.4 Å². The molecule has 0 amide bonds. The van der Waals surface area contributed by atoms with Gasteiger partial charge in [0.05, 0.1) is 0 Å². The van der Waals surface area contributed by atoms with Gasteiger partial charge >= 0.3 is 0 Å². The van der Waals surface area contributed by atoms with Gasteiger partial charge in [-0.3, -0.25) is 0 Å². The summed E-state index contributed by atoms with van der Waals surface area (Å²) in [6.07, 6.45) is 4.81. The van der Waals surface area contributed by atoms with Crippen LogP contribution in [-0.2, 0) is 0 Å². The van der Waals surface area contributed by atoms with Crippen molar-refractivity contribution in [3.8, 4) is 11.5 Å². The van der Waals surface area contributed by atoms with Crippen LogP contribution >= 0.6 is 46.4 Å². The molecule has 2 bridgehead atoms. The molecule has 19 heavy (non-hydrogen) atoms. The summed E-state index contributed by atoms with van der Waals surface area (Å²) in [4.78, 5) is 0. The van der Waals surface area contributed by atoms with Crippen molar-refractivity contribution in [3.63, 3.8) is 0 Å². The first-order valence-corrected chi connectivity index (χ1v) is 7.71. The lowest BCUT2D eigenvalue weighted by molar-refractivity contribution is 0.138. The number of hydrogen-bond donors (Lipinski definition) is 1. The molecule has 0 unspecified atom stereocenters. The monoisotopic (exact) mass is 340 g/mol. The number of halogens is 4. The molecular weight excluding hydrogens is 330 g/mol. The second kappa shape index (κ2) is 5.07. The summed E-state index contributed by atoms with van der Waals surface area (Å²) < 4.78 is 5.94. The van der Waals surface area contributed by atoms with E-state index in [4.69, 9.17) is 51.1 Å². The van der Waals surface area contributed by atoms with Gasteiger partial charge in [0.25, 0.3) is 0 Å². The maximum absolute atomic E-state index is 9.67. The fourth-order valence-electron chi connectivity index (χ4n) is 3.19. The van der Waals surface area contributed by atoms with Gasteiger partial charge in [-0.05, 0) is 37.5 Å². The Bertz CT molecular complexity index is 503. The van der Waals surface area contributed by atoms with Gasteiger partial charge in [-0.15, -0.1) is 0 Å². The standard InChI is InChI=1S/C13H12Cl4O2/c14-8-10(16)13(11(17)9(15)12(8)18)19-7-4-5-1-2-6(7)3-5/h5-7,18H,1-4H2/t5-,6+,7+/m1/s1. The lowest BCUT2D eigenvalue weighted by atomic mass is 9.98. The molecule has 0 aliphatic heterocycles. The van der Waals surface area contributed by atoms with E-state index in [-0.39, 0.29) is 37.7 Å². The fourth-order valence-corrected chi connectivity index (χ4v) is 4.10. The van der Waals surface area contributed by atoms with Gasteiger partial charge in [0.15, 0.2) is 11.5 Å². The Hall–Kier alpha value is -0.0200. The van der Waals surface area contributed by atoms with Crippen molar-refractivity contribution in [2.45, 2.75) is 31.8 Å². The molecule has 0 aromatic heterocycles. The third-order valence-corrected chi connectivity index (χ3v) is 5.79.